The standard InChI is InChI=1S/C73H125N13O15S/c1-39(2)33-48(54(88)81-68(17,18)60(94)74-46-29-31-47(32-30-46)102-45(13)87)75-61(95)69(19,20)82-55(89)49(34-40(3)4)76-62(96)70(21,22)83-56(90)50(35-41(5)6)77-63(97)71(23,24)84-57(91)51(36-42(7)8)78-64(98)72(25,26)85-58(92)52(37-43(9)10)79-65(99)73(27,28)86-59(93)53(38-44(11)12)80-66(100)101-67(14,15)16/h29-32,39-44,48-53H,33-38H2,1-28H3,(H,74,94)(H,75,95)(H,76,96)(H,77,97)(H,78,98)(H,79,99)(H,80,100)(H,81,88)(H,82,89)(H,83,90)(H,84,91)(H,85,92)(H,86,93)/t48-,49-,50-,51-,52-,53-/m0/s1. The highest BCUT2D eigenvalue weighted by atomic mass is 32.2. The predicted molar refractivity (Wildman–Crippen MR) is 394 cm³/mol. The second kappa shape index (κ2) is 38.6. The van der Waals surface area contributed by atoms with Gasteiger partial charge in [0.25, 0.3) is 0 Å². The summed E-state index contributed by atoms with van der Waals surface area (Å²) in [6.45, 7) is 45.6. The number of anilines is 1. The van der Waals surface area contributed by atoms with E-state index in [9.17, 15) is 67.1 Å². The molecule has 0 saturated carbocycles. The van der Waals surface area contributed by atoms with Crippen molar-refractivity contribution < 1.29 is 71.9 Å². The SMILES string of the molecule is CC(=O)Sc1ccc(NC(=O)C(C)(C)NC(=O)[C@H](CC(C)C)NC(=O)C(C)(C)NC(=O)[C@H](CC(C)C)NC(=O)C(C)(C)NC(=O)[C@H](CC(C)C)NC(=O)C(C)(C)NC(=O)[C@H](CC(C)C)NC(=O)C(C)(C)NC(=O)[C@H](CC(C)C)NC(=O)C(C)(C)NC(=O)[C@H](CC(C)C)NC(=O)OC(C)(C)C)cc1. The van der Waals surface area contributed by atoms with Gasteiger partial charge < -0.3 is 73.9 Å². The molecule has 0 aliphatic carbocycles. The Bertz CT molecular complexity index is 3130. The first-order chi connectivity index (χ1) is 46.2. The zero-order chi connectivity index (χ0) is 79.3. The second-order valence-electron chi connectivity index (χ2n) is 33.4. The molecule has 6 atom stereocenters. The van der Waals surface area contributed by atoms with E-state index in [1.165, 1.54) is 90.0 Å². The topological polar surface area (TPSA) is 405 Å². The Morgan fingerprint density at radius 2 is 0.510 bits per heavy atom. The van der Waals surface area contributed by atoms with E-state index in [2.05, 4.69) is 69.1 Å². The van der Waals surface area contributed by atoms with Crippen LogP contribution in [-0.4, -0.2) is 157 Å². The van der Waals surface area contributed by atoms with Gasteiger partial charge in [-0.25, -0.2) is 4.79 Å². The molecule has 13 N–H and O–H groups in total. The minimum atomic E-state index is -1.74. The average Bonchev–Trinajstić information content (AvgIpc) is 0.832. The zero-order valence-corrected chi connectivity index (χ0v) is 66.8. The van der Waals surface area contributed by atoms with Gasteiger partial charge in [-0.05, 0) is 202 Å². The van der Waals surface area contributed by atoms with Gasteiger partial charge in [-0.1, -0.05) is 94.8 Å². The van der Waals surface area contributed by atoms with Crippen LogP contribution in [0.4, 0.5) is 10.5 Å². The first-order valence-electron chi connectivity index (χ1n) is 35.3. The van der Waals surface area contributed by atoms with Crippen LogP contribution < -0.4 is 69.1 Å². The lowest BCUT2D eigenvalue weighted by Crippen LogP contribution is -2.66. The summed E-state index contributed by atoms with van der Waals surface area (Å²) in [5, 5.41) is 35.2. The van der Waals surface area contributed by atoms with E-state index in [1.54, 1.807) is 45.0 Å². The Balaban J connectivity index is 3.32. The van der Waals surface area contributed by atoms with Gasteiger partial charge in [0.15, 0.2) is 5.12 Å². The van der Waals surface area contributed by atoms with Crippen LogP contribution in [0.1, 0.15) is 232 Å². The number of alkyl carbamates (subject to hydrolysis) is 1. The van der Waals surface area contributed by atoms with Gasteiger partial charge in [0.1, 0.15) is 75.1 Å². The highest BCUT2D eigenvalue weighted by Crippen LogP contribution is 2.23. The van der Waals surface area contributed by atoms with Crippen LogP contribution in [0.5, 0.6) is 0 Å². The molecule has 0 aromatic heterocycles. The summed E-state index contributed by atoms with van der Waals surface area (Å²) in [5.41, 5.74) is -10.4. The van der Waals surface area contributed by atoms with Crippen molar-refractivity contribution in [2.75, 3.05) is 5.32 Å². The minimum Gasteiger partial charge on any atom is -0.444 e. The van der Waals surface area contributed by atoms with Crippen LogP contribution in [0, 0.1) is 35.5 Å². The number of hydrogen-bond donors (Lipinski definition) is 13. The molecule has 13 amide bonds. The number of rotatable bonds is 38. The summed E-state index contributed by atoms with van der Waals surface area (Å²) in [5.74, 6) is -9.66. The number of hydrogen-bond acceptors (Lipinski definition) is 16. The molecule has 1 aromatic rings. The number of amides is 13. The van der Waals surface area contributed by atoms with Crippen molar-refractivity contribution in [3.05, 3.63) is 24.3 Å². The lowest BCUT2D eigenvalue weighted by atomic mass is 9.95. The fraction of sp³-hybridized carbons (Fsp3) is 0.726. The monoisotopic (exact) mass is 1460 g/mol. The number of nitrogens with one attached hydrogen (secondary N) is 13. The van der Waals surface area contributed by atoms with Crippen molar-refractivity contribution in [3.8, 4) is 0 Å². The molecular weight excluding hydrogens is 1330 g/mol. The van der Waals surface area contributed by atoms with E-state index < -0.39 is 152 Å². The average molecular weight is 1460 g/mol. The number of thioether (sulfide) groups is 1. The molecule has 0 heterocycles. The fourth-order valence-electron chi connectivity index (χ4n) is 10.1. The van der Waals surface area contributed by atoms with Crippen molar-refractivity contribution in [2.24, 2.45) is 35.5 Å². The second-order valence-corrected chi connectivity index (χ2v) is 34.6. The van der Waals surface area contributed by atoms with Crippen molar-refractivity contribution >= 4 is 99.5 Å². The zero-order valence-electron chi connectivity index (χ0n) is 66.0. The molecule has 0 aliphatic rings. The molecule has 0 unspecified atom stereocenters. The fourth-order valence-corrected chi connectivity index (χ4v) is 10.7. The lowest BCUT2D eigenvalue weighted by molar-refractivity contribution is -0.140. The Morgan fingerprint density at radius 1 is 0.314 bits per heavy atom. The number of benzene rings is 1. The highest BCUT2D eigenvalue weighted by molar-refractivity contribution is 8.13. The molecule has 0 saturated heterocycles. The molecule has 28 nitrogen and oxygen atoms in total. The van der Waals surface area contributed by atoms with Gasteiger partial charge in [0.05, 0.1) is 0 Å². The van der Waals surface area contributed by atoms with E-state index in [4.69, 9.17) is 4.74 Å². The van der Waals surface area contributed by atoms with Gasteiger partial charge >= 0.3 is 6.09 Å². The normalized spacial score (nSPS) is 14.2. The molecule has 102 heavy (non-hydrogen) atoms. The van der Waals surface area contributed by atoms with Crippen LogP contribution >= 0.6 is 11.8 Å². The summed E-state index contributed by atoms with van der Waals surface area (Å²) in [4.78, 5) is 194. The van der Waals surface area contributed by atoms with Crippen LogP contribution in [-0.2, 0) is 67.1 Å². The van der Waals surface area contributed by atoms with Gasteiger partial charge in [-0.2, -0.15) is 0 Å². The number of ether oxygens (including phenoxy) is 1. The van der Waals surface area contributed by atoms with Crippen LogP contribution in [0.2, 0.25) is 0 Å². The summed E-state index contributed by atoms with van der Waals surface area (Å²) >= 11 is 1.04. The van der Waals surface area contributed by atoms with E-state index in [0.717, 1.165) is 11.8 Å². The third kappa shape index (κ3) is 32.6. The lowest BCUT2D eigenvalue weighted by Gasteiger charge is -2.34. The summed E-state index contributed by atoms with van der Waals surface area (Å²) in [6, 6.07) is -0.621. The van der Waals surface area contributed by atoms with Gasteiger partial charge in [0, 0.05) is 17.5 Å². The Hall–Kier alpha value is -7.85. The largest absolute Gasteiger partial charge is 0.444 e. The molecule has 0 bridgehead atoms. The van der Waals surface area contributed by atoms with Crippen molar-refractivity contribution in [1.29, 1.82) is 0 Å². The number of carbonyl (C=O) groups excluding carboxylic acids is 14. The highest BCUT2D eigenvalue weighted by Gasteiger charge is 2.44. The Morgan fingerprint density at radius 3 is 0.696 bits per heavy atom. The van der Waals surface area contributed by atoms with Crippen molar-refractivity contribution in [2.45, 2.75) is 312 Å². The van der Waals surface area contributed by atoms with Crippen LogP contribution in [0.15, 0.2) is 29.2 Å². The maximum Gasteiger partial charge on any atom is 0.408 e. The summed E-state index contributed by atoms with van der Waals surface area (Å²) < 4.78 is 5.37. The molecule has 29 heteroatoms. The summed E-state index contributed by atoms with van der Waals surface area (Å²) in [6.07, 6.45) is -0.0955. The molecule has 0 fully saturated rings. The molecule has 0 spiro atoms. The van der Waals surface area contributed by atoms with E-state index in [0.29, 0.717) is 10.6 Å². The first kappa shape index (κ1) is 92.2. The quantitative estimate of drug-likeness (QED) is 0.0326. The van der Waals surface area contributed by atoms with E-state index in [-0.39, 0.29) is 79.1 Å². The van der Waals surface area contributed by atoms with Crippen molar-refractivity contribution in [1.82, 2.24) is 63.8 Å². The van der Waals surface area contributed by atoms with Crippen molar-refractivity contribution in [3.63, 3.8) is 0 Å². The minimum absolute atomic E-state index is 0.0397. The van der Waals surface area contributed by atoms with Crippen LogP contribution in [0.3, 0.4) is 0 Å². The molecule has 578 valence electrons. The first-order valence-corrected chi connectivity index (χ1v) is 36.1. The third-order valence-electron chi connectivity index (χ3n) is 15.8. The van der Waals surface area contributed by atoms with Gasteiger partial charge in [-0.3, -0.25) is 62.3 Å². The van der Waals surface area contributed by atoms with E-state index >= 15 is 0 Å². The predicted octanol–water partition coefficient (Wildman–Crippen LogP) is 6.23. The molecule has 1 rings (SSSR count). The maximum atomic E-state index is 14.3. The maximum absolute atomic E-state index is 14.3. The molecule has 0 aliphatic heterocycles. The Labute approximate surface area is 610 Å². The van der Waals surface area contributed by atoms with Gasteiger partial charge in [-0.15, -0.1) is 0 Å². The smallest absolute Gasteiger partial charge is 0.408 e. The van der Waals surface area contributed by atoms with Gasteiger partial charge in [0.2, 0.25) is 70.9 Å². The molecular formula is C73H125N13O15S. The third-order valence-corrected chi connectivity index (χ3v) is 16.5. The Kier molecular flexibility index (Phi) is 34.9. The van der Waals surface area contributed by atoms with Crippen LogP contribution in [0.25, 0.3) is 0 Å². The molecule has 1 aromatic carbocycles. The molecule has 0 radical (unpaired) electrons. The van der Waals surface area contributed by atoms with E-state index in [1.807, 2.05) is 83.1 Å². The number of carbonyl (C=O) groups is 14. The summed E-state index contributed by atoms with van der Waals surface area (Å²) in [7, 11) is 0.